The van der Waals surface area contributed by atoms with Gasteiger partial charge >= 0.3 is 12.5 Å². The number of hydrogen-bond acceptors (Lipinski definition) is 1. The Labute approximate surface area is 84.4 Å². The van der Waals surface area contributed by atoms with Gasteiger partial charge in [0.1, 0.15) is 11.6 Å². The Kier molecular flexibility index (Phi) is 3.02. The average Bonchev–Trinajstić information content (AvgIpc) is 2.04. The summed E-state index contributed by atoms with van der Waals surface area (Å²) < 4.78 is 87.1. The quantitative estimate of drug-likeness (QED) is 0.688. The summed E-state index contributed by atoms with van der Waals surface area (Å²) >= 11 is 0. The fourth-order valence-electron chi connectivity index (χ4n) is 0.919. The highest BCUT2D eigenvalue weighted by Crippen LogP contribution is 2.34. The molecule has 90 valence electrons. The van der Waals surface area contributed by atoms with Gasteiger partial charge in [-0.15, -0.1) is 13.2 Å². The average molecular weight is 248 g/mol. The van der Waals surface area contributed by atoms with Crippen molar-refractivity contribution in [3.63, 3.8) is 0 Å². The Balaban J connectivity index is 3.09. The van der Waals surface area contributed by atoms with Crippen molar-refractivity contribution in [1.29, 1.82) is 0 Å². The second kappa shape index (κ2) is 3.84. The van der Waals surface area contributed by atoms with Gasteiger partial charge in [-0.05, 0) is 18.2 Å². The van der Waals surface area contributed by atoms with E-state index in [1.54, 1.807) is 0 Å². The zero-order valence-electron chi connectivity index (χ0n) is 7.29. The van der Waals surface area contributed by atoms with Gasteiger partial charge in [0.25, 0.3) is 0 Å². The number of alkyl halides is 6. The van der Waals surface area contributed by atoms with E-state index in [1.165, 1.54) is 0 Å². The van der Waals surface area contributed by atoms with Crippen LogP contribution in [0.15, 0.2) is 18.2 Å². The smallest absolute Gasteiger partial charge is 0.406 e. The van der Waals surface area contributed by atoms with Crippen LogP contribution in [0, 0.1) is 5.82 Å². The summed E-state index contributed by atoms with van der Waals surface area (Å²) in [6, 6.07) is 0.658. The minimum Gasteiger partial charge on any atom is -0.406 e. The molecule has 0 spiro atoms. The third-order valence-corrected chi connectivity index (χ3v) is 1.48. The Morgan fingerprint density at radius 3 is 1.94 bits per heavy atom. The van der Waals surface area contributed by atoms with Crippen LogP contribution < -0.4 is 4.74 Å². The van der Waals surface area contributed by atoms with Gasteiger partial charge in [0.15, 0.2) is 0 Å². The van der Waals surface area contributed by atoms with Crippen molar-refractivity contribution < 1.29 is 35.5 Å². The molecule has 0 unspecified atom stereocenters. The van der Waals surface area contributed by atoms with E-state index in [0.717, 1.165) is 0 Å². The van der Waals surface area contributed by atoms with Crippen LogP contribution in [0.2, 0.25) is 0 Å². The van der Waals surface area contributed by atoms with E-state index in [9.17, 15) is 30.7 Å². The van der Waals surface area contributed by atoms with Gasteiger partial charge in [-0.2, -0.15) is 13.2 Å². The second-order valence-electron chi connectivity index (χ2n) is 2.69. The topological polar surface area (TPSA) is 9.23 Å². The van der Waals surface area contributed by atoms with Crippen LogP contribution in [0.25, 0.3) is 0 Å². The molecular formula is C8H3F7O. The van der Waals surface area contributed by atoms with Gasteiger partial charge < -0.3 is 4.74 Å². The molecule has 1 rings (SSSR count). The molecule has 1 aromatic rings. The molecule has 0 saturated heterocycles. The van der Waals surface area contributed by atoms with Crippen LogP contribution in [-0.4, -0.2) is 6.36 Å². The van der Waals surface area contributed by atoms with Gasteiger partial charge in [0, 0.05) is 0 Å². The first kappa shape index (κ1) is 12.6. The van der Waals surface area contributed by atoms with Crippen LogP contribution in [0.4, 0.5) is 30.7 Å². The zero-order chi connectivity index (χ0) is 12.6. The molecule has 0 heterocycles. The summed E-state index contributed by atoms with van der Waals surface area (Å²) in [7, 11) is 0. The SMILES string of the molecule is Fc1ccc(OC(F)(F)F)cc1C(F)(F)F. The predicted molar refractivity (Wildman–Crippen MR) is 38.1 cm³/mol. The van der Waals surface area contributed by atoms with Gasteiger partial charge in [-0.25, -0.2) is 4.39 Å². The summed E-state index contributed by atoms with van der Waals surface area (Å²) in [5.41, 5.74) is -1.81. The van der Waals surface area contributed by atoms with Crippen molar-refractivity contribution in [3.8, 4) is 5.75 Å². The number of hydrogen-bond donors (Lipinski definition) is 0. The summed E-state index contributed by atoms with van der Waals surface area (Å²) in [5, 5.41) is 0. The van der Waals surface area contributed by atoms with E-state index in [4.69, 9.17) is 0 Å². The molecule has 0 aliphatic heterocycles. The molecule has 0 bridgehead atoms. The molecule has 0 aromatic heterocycles. The molecular weight excluding hydrogens is 245 g/mol. The number of rotatable bonds is 1. The zero-order valence-corrected chi connectivity index (χ0v) is 7.29. The van der Waals surface area contributed by atoms with Gasteiger partial charge in [-0.1, -0.05) is 0 Å². The van der Waals surface area contributed by atoms with Crippen molar-refractivity contribution in [2.75, 3.05) is 0 Å². The van der Waals surface area contributed by atoms with E-state index in [0.29, 0.717) is 6.07 Å². The maximum Gasteiger partial charge on any atom is 0.573 e. The Hall–Kier alpha value is -1.47. The number of benzene rings is 1. The highest BCUT2D eigenvalue weighted by molar-refractivity contribution is 5.31. The summed E-state index contributed by atoms with van der Waals surface area (Å²) in [4.78, 5) is 0. The summed E-state index contributed by atoms with van der Waals surface area (Å²) in [5.74, 6) is -2.79. The van der Waals surface area contributed by atoms with Crippen LogP contribution in [0.5, 0.6) is 5.75 Å². The Morgan fingerprint density at radius 1 is 0.938 bits per heavy atom. The largest absolute Gasteiger partial charge is 0.573 e. The second-order valence-corrected chi connectivity index (χ2v) is 2.69. The highest BCUT2D eigenvalue weighted by Gasteiger charge is 2.36. The number of ether oxygens (including phenoxy) is 1. The molecule has 0 fully saturated rings. The van der Waals surface area contributed by atoms with Crippen LogP contribution in [-0.2, 0) is 6.18 Å². The van der Waals surface area contributed by atoms with Crippen molar-refractivity contribution >= 4 is 0 Å². The van der Waals surface area contributed by atoms with E-state index < -0.39 is 29.7 Å². The molecule has 0 saturated carbocycles. The lowest BCUT2D eigenvalue weighted by Crippen LogP contribution is -2.18. The third-order valence-electron chi connectivity index (χ3n) is 1.48. The van der Waals surface area contributed by atoms with E-state index >= 15 is 0 Å². The van der Waals surface area contributed by atoms with Crippen molar-refractivity contribution in [1.82, 2.24) is 0 Å². The van der Waals surface area contributed by atoms with Gasteiger partial charge in [-0.3, -0.25) is 0 Å². The highest BCUT2D eigenvalue weighted by atomic mass is 19.4. The lowest BCUT2D eigenvalue weighted by Gasteiger charge is -2.12. The van der Waals surface area contributed by atoms with E-state index in [2.05, 4.69) is 4.74 Å². The third kappa shape index (κ3) is 3.28. The maximum atomic E-state index is 12.6. The molecule has 0 atom stereocenters. The molecule has 0 aliphatic carbocycles. The molecule has 0 aliphatic rings. The summed E-state index contributed by atoms with van der Waals surface area (Å²) in [6.45, 7) is 0. The molecule has 8 heteroatoms. The minimum atomic E-state index is -5.12. The fraction of sp³-hybridized carbons (Fsp3) is 0.250. The fourth-order valence-corrected chi connectivity index (χ4v) is 0.919. The molecule has 0 N–H and O–H groups in total. The predicted octanol–water partition coefficient (Wildman–Crippen LogP) is 3.74. The molecule has 1 aromatic carbocycles. The monoisotopic (exact) mass is 248 g/mol. The van der Waals surface area contributed by atoms with Crippen LogP contribution in [0.3, 0.4) is 0 Å². The van der Waals surface area contributed by atoms with Crippen molar-refractivity contribution in [2.45, 2.75) is 12.5 Å². The van der Waals surface area contributed by atoms with Crippen LogP contribution >= 0.6 is 0 Å². The number of halogens is 7. The lowest BCUT2D eigenvalue weighted by atomic mass is 10.2. The molecule has 1 nitrogen and oxygen atoms in total. The first-order chi connectivity index (χ1) is 7.09. The van der Waals surface area contributed by atoms with Crippen molar-refractivity contribution in [3.05, 3.63) is 29.6 Å². The molecule has 16 heavy (non-hydrogen) atoms. The van der Waals surface area contributed by atoms with Crippen molar-refractivity contribution in [2.24, 2.45) is 0 Å². The lowest BCUT2D eigenvalue weighted by molar-refractivity contribution is -0.274. The molecule has 0 radical (unpaired) electrons. The normalized spacial score (nSPS) is 12.7. The van der Waals surface area contributed by atoms with E-state index in [-0.39, 0.29) is 12.1 Å². The Morgan fingerprint density at radius 2 is 1.50 bits per heavy atom. The maximum absolute atomic E-state index is 12.6. The first-order valence-corrected chi connectivity index (χ1v) is 3.72. The standard InChI is InChI=1S/C8H3F7O/c9-6-2-1-4(16-8(13,14)15)3-5(6)7(10,11)12/h1-3H. The molecule has 0 amide bonds. The van der Waals surface area contributed by atoms with Gasteiger partial charge in [0.2, 0.25) is 0 Å². The minimum absolute atomic E-state index is 0.0528. The Bertz CT molecular complexity index is 379. The first-order valence-electron chi connectivity index (χ1n) is 3.72. The van der Waals surface area contributed by atoms with Gasteiger partial charge in [0.05, 0.1) is 5.56 Å². The van der Waals surface area contributed by atoms with E-state index in [1.807, 2.05) is 0 Å². The summed E-state index contributed by atoms with van der Waals surface area (Å²) in [6.07, 6.45) is -10.2. The van der Waals surface area contributed by atoms with Crippen LogP contribution in [0.1, 0.15) is 5.56 Å².